The van der Waals surface area contributed by atoms with Gasteiger partial charge in [0.2, 0.25) is 0 Å². The number of hydrogen-bond donors (Lipinski definition) is 2. The molecule has 2 heterocycles. The summed E-state index contributed by atoms with van der Waals surface area (Å²) in [4.78, 5) is 4.20. The zero-order chi connectivity index (χ0) is 9.80. The van der Waals surface area contributed by atoms with Crippen LogP contribution < -0.4 is 10.6 Å². The first-order chi connectivity index (χ1) is 6.86. The fraction of sp³-hybridized carbons (Fsp3) is 0.500. The van der Waals surface area contributed by atoms with Gasteiger partial charge in [-0.25, -0.2) is 4.98 Å². The molecule has 0 amide bonds. The first-order valence-corrected chi connectivity index (χ1v) is 5.32. The van der Waals surface area contributed by atoms with Gasteiger partial charge in [0.25, 0.3) is 0 Å². The van der Waals surface area contributed by atoms with Crippen LogP contribution in [0.15, 0.2) is 18.3 Å². The van der Waals surface area contributed by atoms with Crippen molar-refractivity contribution in [3.8, 4) is 0 Å². The lowest BCUT2D eigenvalue weighted by Crippen LogP contribution is -2.38. The number of nitrogens with zero attached hydrogens (tertiary/aromatic N) is 1. The number of halogens is 1. The smallest absolute Gasteiger partial charge is 0.145 e. The van der Waals surface area contributed by atoms with Crippen LogP contribution in [0.25, 0.3) is 0 Å². The van der Waals surface area contributed by atoms with Crippen LogP contribution >= 0.6 is 11.6 Å². The summed E-state index contributed by atoms with van der Waals surface area (Å²) in [6.45, 7) is 2.11. The molecular weight excluding hydrogens is 198 g/mol. The van der Waals surface area contributed by atoms with E-state index in [1.807, 2.05) is 12.1 Å². The van der Waals surface area contributed by atoms with Crippen molar-refractivity contribution in [2.45, 2.75) is 18.9 Å². The lowest BCUT2D eigenvalue weighted by molar-refractivity contribution is 0.479. The molecule has 0 aliphatic carbocycles. The Kier molecular flexibility index (Phi) is 3.22. The minimum absolute atomic E-state index is 0.455. The van der Waals surface area contributed by atoms with Gasteiger partial charge < -0.3 is 10.6 Å². The van der Waals surface area contributed by atoms with Gasteiger partial charge in [0, 0.05) is 18.8 Å². The van der Waals surface area contributed by atoms with E-state index in [0.29, 0.717) is 11.1 Å². The van der Waals surface area contributed by atoms with Crippen molar-refractivity contribution in [1.29, 1.82) is 0 Å². The maximum atomic E-state index is 6.00. The molecule has 2 N–H and O–H groups in total. The second kappa shape index (κ2) is 4.62. The first-order valence-electron chi connectivity index (χ1n) is 4.94. The number of hydrogen-bond acceptors (Lipinski definition) is 3. The summed E-state index contributed by atoms with van der Waals surface area (Å²) in [7, 11) is 0. The lowest BCUT2D eigenvalue weighted by atomic mass is 10.1. The highest BCUT2D eigenvalue weighted by Crippen LogP contribution is 2.19. The molecule has 2 rings (SSSR count). The summed E-state index contributed by atoms with van der Waals surface area (Å²) in [5, 5.41) is 7.38. The van der Waals surface area contributed by atoms with E-state index < -0.39 is 0 Å². The third-order valence-corrected chi connectivity index (χ3v) is 2.70. The van der Waals surface area contributed by atoms with Gasteiger partial charge in [-0.3, -0.25) is 0 Å². The molecule has 1 saturated heterocycles. The Labute approximate surface area is 88.9 Å². The molecule has 76 valence electrons. The Morgan fingerprint density at radius 1 is 1.57 bits per heavy atom. The molecule has 1 aliphatic heterocycles. The van der Waals surface area contributed by atoms with E-state index in [9.17, 15) is 0 Å². The molecule has 0 saturated carbocycles. The lowest BCUT2D eigenvalue weighted by Gasteiger charge is -2.24. The van der Waals surface area contributed by atoms with E-state index in [4.69, 9.17) is 11.6 Å². The van der Waals surface area contributed by atoms with E-state index >= 15 is 0 Å². The number of pyridine rings is 1. The third-order valence-electron chi connectivity index (χ3n) is 2.40. The van der Waals surface area contributed by atoms with Crippen molar-refractivity contribution < 1.29 is 0 Å². The number of aromatic nitrogens is 1. The van der Waals surface area contributed by atoms with Gasteiger partial charge in [0.15, 0.2) is 0 Å². The Morgan fingerprint density at radius 2 is 2.50 bits per heavy atom. The molecule has 0 unspecified atom stereocenters. The summed E-state index contributed by atoms with van der Waals surface area (Å²) in [5.74, 6) is 0.794. The molecule has 3 nitrogen and oxygen atoms in total. The highest BCUT2D eigenvalue weighted by Gasteiger charge is 2.13. The number of anilines is 1. The third kappa shape index (κ3) is 2.36. The van der Waals surface area contributed by atoms with Crippen molar-refractivity contribution in [3.05, 3.63) is 23.4 Å². The maximum Gasteiger partial charge on any atom is 0.145 e. The van der Waals surface area contributed by atoms with Crippen molar-refractivity contribution in [1.82, 2.24) is 10.3 Å². The van der Waals surface area contributed by atoms with Gasteiger partial charge in [-0.15, -0.1) is 0 Å². The number of rotatable bonds is 2. The van der Waals surface area contributed by atoms with Crippen molar-refractivity contribution in [2.24, 2.45) is 0 Å². The molecule has 0 bridgehead atoms. The molecule has 1 aliphatic rings. The summed E-state index contributed by atoms with van der Waals surface area (Å²) >= 11 is 6.00. The van der Waals surface area contributed by atoms with Gasteiger partial charge in [0.1, 0.15) is 5.82 Å². The highest BCUT2D eigenvalue weighted by atomic mass is 35.5. The predicted octanol–water partition coefficient (Wildman–Crippen LogP) is 1.90. The van der Waals surface area contributed by atoms with Crippen LogP contribution in [-0.4, -0.2) is 24.1 Å². The van der Waals surface area contributed by atoms with Crippen LogP contribution in [0.3, 0.4) is 0 Å². The first kappa shape index (κ1) is 9.74. The molecule has 0 radical (unpaired) electrons. The normalized spacial score (nSPS) is 21.9. The van der Waals surface area contributed by atoms with Crippen molar-refractivity contribution in [2.75, 3.05) is 18.4 Å². The van der Waals surface area contributed by atoms with Crippen LogP contribution in [0.2, 0.25) is 5.02 Å². The minimum Gasteiger partial charge on any atom is -0.365 e. The van der Waals surface area contributed by atoms with E-state index in [-0.39, 0.29) is 0 Å². The number of nitrogens with one attached hydrogen (secondary N) is 2. The van der Waals surface area contributed by atoms with Gasteiger partial charge in [0.05, 0.1) is 5.02 Å². The second-order valence-electron chi connectivity index (χ2n) is 3.52. The van der Waals surface area contributed by atoms with Crippen LogP contribution in [0, 0.1) is 0 Å². The molecule has 1 aromatic rings. The maximum absolute atomic E-state index is 6.00. The fourth-order valence-corrected chi connectivity index (χ4v) is 1.84. The molecule has 1 aromatic heterocycles. The highest BCUT2D eigenvalue weighted by molar-refractivity contribution is 6.32. The molecule has 4 heteroatoms. The predicted molar refractivity (Wildman–Crippen MR) is 58.8 cm³/mol. The zero-order valence-electron chi connectivity index (χ0n) is 7.96. The monoisotopic (exact) mass is 211 g/mol. The topological polar surface area (TPSA) is 37.0 Å². The SMILES string of the molecule is Clc1cccnc1N[C@@H]1CCCNC1. The van der Waals surface area contributed by atoms with Crippen molar-refractivity contribution in [3.63, 3.8) is 0 Å². The largest absolute Gasteiger partial charge is 0.365 e. The molecule has 14 heavy (non-hydrogen) atoms. The van der Waals surface area contributed by atoms with Crippen LogP contribution in [0.1, 0.15) is 12.8 Å². The minimum atomic E-state index is 0.455. The average Bonchev–Trinajstić information content (AvgIpc) is 2.23. The summed E-state index contributed by atoms with van der Waals surface area (Å²) < 4.78 is 0. The van der Waals surface area contributed by atoms with E-state index in [2.05, 4.69) is 15.6 Å². The Hall–Kier alpha value is -0.800. The molecule has 0 aromatic carbocycles. The average molecular weight is 212 g/mol. The van der Waals surface area contributed by atoms with E-state index in [0.717, 1.165) is 18.9 Å². The second-order valence-corrected chi connectivity index (χ2v) is 3.93. The Balaban J connectivity index is 1.99. The molecular formula is C10H14ClN3. The van der Waals surface area contributed by atoms with Gasteiger partial charge in [-0.2, -0.15) is 0 Å². The zero-order valence-corrected chi connectivity index (χ0v) is 8.72. The Morgan fingerprint density at radius 3 is 3.21 bits per heavy atom. The molecule has 0 spiro atoms. The molecule has 1 fully saturated rings. The number of piperidine rings is 1. The van der Waals surface area contributed by atoms with Crippen LogP contribution in [0.4, 0.5) is 5.82 Å². The van der Waals surface area contributed by atoms with E-state index in [1.165, 1.54) is 12.8 Å². The summed E-state index contributed by atoms with van der Waals surface area (Å²) in [6.07, 6.45) is 4.15. The van der Waals surface area contributed by atoms with Gasteiger partial charge >= 0.3 is 0 Å². The Bertz CT molecular complexity index is 297. The van der Waals surface area contributed by atoms with Crippen LogP contribution in [-0.2, 0) is 0 Å². The molecule has 1 atom stereocenters. The van der Waals surface area contributed by atoms with Crippen LogP contribution in [0.5, 0.6) is 0 Å². The standard InChI is InChI=1S/C10H14ClN3/c11-9-4-2-6-13-10(9)14-8-3-1-5-12-7-8/h2,4,6,8,12H,1,3,5,7H2,(H,13,14)/t8-/m1/s1. The van der Waals surface area contributed by atoms with Crippen molar-refractivity contribution >= 4 is 17.4 Å². The summed E-state index contributed by atoms with van der Waals surface area (Å²) in [6, 6.07) is 4.15. The quantitative estimate of drug-likeness (QED) is 0.785. The van der Waals surface area contributed by atoms with E-state index in [1.54, 1.807) is 6.20 Å². The van der Waals surface area contributed by atoms with Gasteiger partial charge in [-0.05, 0) is 31.5 Å². The summed E-state index contributed by atoms with van der Waals surface area (Å²) in [5.41, 5.74) is 0. The van der Waals surface area contributed by atoms with Gasteiger partial charge in [-0.1, -0.05) is 11.6 Å². The fourth-order valence-electron chi connectivity index (χ4n) is 1.66.